The summed E-state index contributed by atoms with van der Waals surface area (Å²) in [6.07, 6.45) is 18.5. The summed E-state index contributed by atoms with van der Waals surface area (Å²) in [4.78, 5) is 10.4. The highest BCUT2D eigenvalue weighted by atomic mass is 16.4. The van der Waals surface area contributed by atoms with Gasteiger partial charge in [-0.05, 0) is 38.5 Å². The second-order valence-electron chi connectivity index (χ2n) is 5.86. The summed E-state index contributed by atoms with van der Waals surface area (Å²) in [7, 11) is 0. The number of hydrogen-bond donors (Lipinski definition) is 4. The summed E-state index contributed by atoms with van der Waals surface area (Å²) in [5.74, 6) is -0.851. The minimum atomic E-state index is -0.851. The molecule has 142 valence electrons. The molecule has 0 saturated carbocycles. The molecule has 0 saturated heterocycles. The van der Waals surface area contributed by atoms with Gasteiger partial charge in [0.15, 0.2) is 0 Å². The predicted octanol–water partition coefficient (Wildman–Crippen LogP) is 3.13. The van der Waals surface area contributed by atoms with Gasteiger partial charge < -0.3 is 20.4 Å². The molecule has 4 N–H and O–H groups in total. The molecule has 0 rings (SSSR count). The van der Waals surface area contributed by atoms with Gasteiger partial charge in [-0.25, -0.2) is 0 Å². The lowest BCUT2D eigenvalue weighted by Crippen LogP contribution is -2.03. The fourth-order valence-corrected chi connectivity index (χ4v) is 2.05. The first kappa shape index (κ1) is 23.3. The largest absolute Gasteiger partial charge is 0.481 e. The molecule has 0 amide bonds. The van der Waals surface area contributed by atoms with Crippen molar-refractivity contribution in [2.24, 2.45) is 0 Å². The number of aliphatic hydroxyl groups excluding tert-OH is 3. The molecule has 5 heteroatoms. The topological polar surface area (TPSA) is 98.0 Å². The van der Waals surface area contributed by atoms with Crippen molar-refractivity contribution in [1.82, 2.24) is 0 Å². The Kier molecular flexibility index (Phi) is 16.0. The first-order valence-electron chi connectivity index (χ1n) is 8.91. The van der Waals surface area contributed by atoms with Crippen LogP contribution in [0.15, 0.2) is 48.6 Å². The van der Waals surface area contributed by atoms with E-state index in [2.05, 4.69) is 6.08 Å². The maximum Gasteiger partial charge on any atom is 0.303 e. The van der Waals surface area contributed by atoms with Gasteiger partial charge in [0, 0.05) is 13.0 Å². The van der Waals surface area contributed by atoms with Crippen molar-refractivity contribution >= 4 is 5.97 Å². The lowest BCUT2D eigenvalue weighted by molar-refractivity contribution is -0.137. The maximum absolute atomic E-state index is 10.4. The normalized spacial score (nSPS) is 15.0. The number of aliphatic hydroxyl groups is 3. The molecule has 0 heterocycles. The number of carbonyl (C=O) groups is 1. The van der Waals surface area contributed by atoms with Gasteiger partial charge in [-0.3, -0.25) is 4.79 Å². The highest BCUT2D eigenvalue weighted by molar-refractivity contribution is 5.66. The van der Waals surface area contributed by atoms with Crippen molar-refractivity contribution < 1.29 is 25.2 Å². The smallest absolute Gasteiger partial charge is 0.303 e. The zero-order valence-electron chi connectivity index (χ0n) is 14.8. The number of aliphatic carboxylic acids is 1. The molecule has 2 atom stereocenters. The number of carboxylic acid groups (broad SMARTS) is 1. The van der Waals surface area contributed by atoms with E-state index in [1.54, 1.807) is 36.5 Å². The van der Waals surface area contributed by atoms with Gasteiger partial charge in [0.2, 0.25) is 0 Å². The molecule has 0 aromatic heterocycles. The molecule has 5 nitrogen and oxygen atoms in total. The molecule has 0 bridgehead atoms. The van der Waals surface area contributed by atoms with Crippen LogP contribution in [0.5, 0.6) is 0 Å². The molecule has 0 aliphatic heterocycles. The molecule has 0 aliphatic carbocycles. The van der Waals surface area contributed by atoms with E-state index in [4.69, 9.17) is 10.2 Å². The van der Waals surface area contributed by atoms with Crippen LogP contribution in [0.25, 0.3) is 0 Å². The summed E-state index contributed by atoms with van der Waals surface area (Å²) in [5, 5.41) is 36.5. The Morgan fingerprint density at radius 3 is 2.16 bits per heavy atom. The SMILES string of the molecule is O=C(O)CCC[C@H](O)/C=C/C=C/C=C\[C@H](O)C/C=C\CCCCCO. The molecule has 0 aliphatic rings. The number of rotatable bonds is 15. The molecular weight excluding hydrogens is 320 g/mol. The third kappa shape index (κ3) is 18.5. The number of allylic oxidation sites excluding steroid dienone is 5. The second-order valence-corrected chi connectivity index (χ2v) is 5.86. The molecule has 0 aromatic carbocycles. The van der Waals surface area contributed by atoms with Gasteiger partial charge >= 0.3 is 5.97 Å². The van der Waals surface area contributed by atoms with Crippen molar-refractivity contribution in [3.63, 3.8) is 0 Å². The van der Waals surface area contributed by atoms with Crippen LogP contribution in [-0.4, -0.2) is 45.2 Å². The lowest BCUT2D eigenvalue weighted by atomic mass is 10.1. The highest BCUT2D eigenvalue weighted by Crippen LogP contribution is 2.03. The standard InChI is InChI=1S/C20H32O5/c21-17-10-6-2-1-3-7-12-18(22)13-8-4-5-9-14-19(23)15-11-16-20(24)25/h3-5,7-9,13-14,18-19,21-23H,1-2,6,10-12,15-17H2,(H,24,25)/b5-4+,7-3-,13-8-,14-9+/t18-,19-/m1/s1. The minimum absolute atomic E-state index is 0.0679. The van der Waals surface area contributed by atoms with E-state index >= 15 is 0 Å². The molecule has 0 radical (unpaired) electrons. The molecule has 0 fully saturated rings. The average molecular weight is 352 g/mol. The zero-order valence-corrected chi connectivity index (χ0v) is 14.8. The minimum Gasteiger partial charge on any atom is -0.481 e. The lowest BCUT2D eigenvalue weighted by Gasteiger charge is -2.02. The molecular formula is C20H32O5. The van der Waals surface area contributed by atoms with Crippen LogP contribution in [0.4, 0.5) is 0 Å². The van der Waals surface area contributed by atoms with E-state index in [0.717, 1.165) is 25.7 Å². The maximum atomic E-state index is 10.4. The van der Waals surface area contributed by atoms with Crippen LogP contribution in [0.3, 0.4) is 0 Å². The summed E-state index contributed by atoms with van der Waals surface area (Å²) in [6, 6.07) is 0. The van der Waals surface area contributed by atoms with Gasteiger partial charge in [0.25, 0.3) is 0 Å². The van der Waals surface area contributed by atoms with Crippen molar-refractivity contribution in [3.05, 3.63) is 48.6 Å². The Hall–Kier alpha value is -1.69. The Morgan fingerprint density at radius 2 is 1.52 bits per heavy atom. The number of carboxylic acids is 1. The van der Waals surface area contributed by atoms with Gasteiger partial charge in [-0.1, -0.05) is 55.0 Å². The summed E-state index contributed by atoms with van der Waals surface area (Å²) >= 11 is 0. The molecule has 0 spiro atoms. The van der Waals surface area contributed by atoms with Crippen molar-refractivity contribution in [2.45, 2.75) is 63.6 Å². The summed E-state index contributed by atoms with van der Waals surface area (Å²) in [5.41, 5.74) is 0. The number of hydrogen-bond acceptors (Lipinski definition) is 4. The summed E-state index contributed by atoms with van der Waals surface area (Å²) < 4.78 is 0. The van der Waals surface area contributed by atoms with Gasteiger partial charge in [0.1, 0.15) is 0 Å². The van der Waals surface area contributed by atoms with Crippen LogP contribution in [0.2, 0.25) is 0 Å². The Labute approximate surface area is 150 Å². The second kappa shape index (κ2) is 17.1. The third-order valence-corrected chi connectivity index (χ3v) is 3.46. The van der Waals surface area contributed by atoms with Crippen molar-refractivity contribution in [2.75, 3.05) is 6.61 Å². The fourth-order valence-electron chi connectivity index (χ4n) is 2.05. The zero-order chi connectivity index (χ0) is 18.8. The Bertz CT molecular complexity index is 437. The first-order valence-corrected chi connectivity index (χ1v) is 8.91. The van der Waals surface area contributed by atoms with E-state index in [-0.39, 0.29) is 13.0 Å². The average Bonchev–Trinajstić information content (AvgIpc) is 2.56. The molecule has 0 aromatic rings. The summed E-state index contributed by atoms with van der Waals surface area (Å²) in [6.45, 7) is 0.250. The molecule has 25 heavy (non-hydrogen) atoms. The van der Waals surface area contributed by atoms with E-state index in [9.17, 15) is 15.0 Å². The van der Waals surface area contributed by atoms with Crippen LogP contribution < -0.4 is 0 Å². The van der Waals surface area contributed by atoms with Gasteiger partial charge in [0.05, 0.1) is 12.2 Å². The van der Waals surface area contributed by atoms with E-state index < -0.39 is 18.2 Å². The Balaban J connectivity index is 3.79. The van der Waals surface area contributed by atoms with E-state index in [0.29, 0.717) is 19.3 Å². The monoisotopic (exact) mass is 352 g/mol. The highest BCUT2D eigenvalue weighted by Gasteiger charge is 2.01. The Morgan fingerprint density at radius 1 is 0.840 bits per heavy atom. The van der Waals surface area contributed by atoms with Gasteiger partial charge in [-0.15, -0.1) is 0 Å². The van der Waals surface area contributed by atoms with Crippen LogP contribution in [-0.2, 0) is 4.79 Å². The molecule has 0 unspecified atom stereocenters. The van der Waals surface area contributed by atoms with Crippen molar-refractivity contribution in [3.8, 4) is 0 Å². The van der Waals surface area contributed by atoms with Crippen LogP contribution >= 0.6 is 0 Å². The van der Waals surface area contributed by atoms with Crippen molar-refractivity contribution in [1.29, 1.82) is 0 Å². The quantitative estimate of drug-likeness (QED) is 0.206. The third-order valence-electron chi connectivity index (χ3n) is 3.46. The predicted molar refractivity (Wildman–Crippen MR) is 100 cm³/mol. The van der Waals surface area contributed by atoms with Crippen LogP contribution in [0, 0.1) is 0 Å². The number of unbranched alkanes of at least 4 members (excludes halogenated alkanes) is 3. The first-order chi connectivity index (χ1) is 12.1. The van der Waals surface area contributed by atoms with E-state index in [1.165, 1.54) is 0 Å². The van der Waals surface area contributed by atoms with Gasteiger partial charge in [-0.2, -0.15) is 0 Å². The fraction of sp³-hybridized carbons (Fsp3) is 0.550. The van der Waals surface area contributed by atoms with Crippen LogP contribution in [0.1, 0.15) is 51.4 Å². The van der Waals surface area contributed by atoms with E-state index in [1.807, 2.05) is 6.08 Å².